The minimum Gasteiger partial charge on any atom is -0.350 e. The minimum atomic E-state index is -3.59. The maximum Gasteiger partial charge on any atom is 0.243 e. The van der Waals surface area contributed by atoms with Crippen molar-refractivity contribution in [1.29, 1.82) is 0 Å². The van der Waals surface area contributed by atoms with Crippen LogP contribution in [0.5, 0.6) is 0 Å². The molecular weight excluding hydrogens is 438 g/mol. The molecule has 1 atom stereocenters. The van der Waals surface area contributed by atoms with Gasteiger partial charge in [0.05, 0.1) is 4.90 Å². The smallest absolute Gasteiger partial charge is 0.243 e. The molecule has 2 aliphatic rings. The van der Waals surface area contributed by atoms with Crippen LogP contribution < -0.4 is 10.2 Å². The molecular formula is C25H31N3O4S. The average Bonchev–Trinajstić information content (AvgIpc) is 3.21. The summed E-state index contributed by atoms with van der Waals surface area (Å²) >= 11 is 0. The number of hydrogen-bond donors (Lipinski definition) is 1. The van der Waals surface area contributed by atoms with Gasteiger partial charge in [-0.05, 0) is 49.1 Å². The summed E-state index contributed by atoms with van der Waals surface area (Å²) in [4.78, 5) is 27.6. The summed E-state index contributed by atoms with van der Waals surface area (Å²) in [5.41, 5.74) is 3.43. The third-order valence-electron chi connectivity index (χ3n) is 6.41. The Balaban J connectivity index is 1.57. The molecule has 4 rings (SSSR count). The van der Waals surface area contributed by atoms with Crippen LogP contribution in [0.3, 0.4) is 0 Å². The number of fused-ring (bicyclic) bond motifs is 1. The molecule has 8 heteroatoms. The average molecular weight is 470 g/mol. The molecule has 1 saturated heterocycles. The lowest BCUT2D eigenvalue weighted by Gasteiger charge is -2.26. The number of carbonyl (C=O) groups is 2. The third-order valence-corrected chi connectivity index (χ3v) is 8.31. The van der Waals surface area contributed by atoms with Gasteiger partial charge in [-0.3, -0.25) is 14.5 Å². The van der Waals surface area contributed by atoms with Gasteiger partial charge in [0, 0.05) is 38.2 Å². The maximum atomic E-state index is 13.1. The summed E-state index contributed by atoms with van der Waals surface area (Å²) in [6.07, 6.45) is 3.33. The molecule has 33 heavy (non-hydrogen) atoms. The standard InChI is InChI=1S/C25H31N3O4S/c1-3-24(29)28-22-11-10-21(33(31,32)27-12-5-4-6-13-27)15-20(22)16-23(28)25(30)26-17-19-9-7-8-18(2)14-19/h7-11,14-15,23H,3-6,12-13,16-17H2,1-2H3,(H,26,30)/t23-/m0/s1. The van der Waals surface area contributed by atoms with E-state index in [1.165, 1.54) is 9.21 Å². The van der Waals surface area contributed by atoms with E-state index in [2.05, 4.69) is 5.32 Å². The molecule has 0 aromatic heterocycles. The van der Waals surface area contributed by atoms with E-state index in [0.29, 0.717) is 37.3 Å². The van der Waals surface area contributed by atoms with Crippen molar-refractivity contribution in [3.63, 3.8) is 0 Å². The van der Waals surface area contributed by atoms with Gasteiger partial charge in [0.25, 0.3) is 0 Å². The molecule has 0 radical (unpaired) electrons. The lowest BCUT2D eigenvalue weighted by Crippen LogP contribution is -2.47. The van der Waals surface area contributed by atoms with Crippen LogP contribution in [0, 0.1) is 6.92 Å². The Hall–Kier alpha value is -2.71. The van der Waals surface area contributed by atoms with Crippen LogP contribution >= 0.6 is 0 Å². The molecule has 7 nitrogen and oxygen atoms in total. The predicted octanol–water partition coefficient (Wildman–Crippen LogP) is 3.15. The first-order chi connectivity index (χ1) is 15.8. The number of amides is 2. The van der Waals surface area contributed by atoms with Crippen molar-refractivity contribution >= 4 is 27.5 Å². The first-order valence-electron chi connectivity index (χ1n) is 11.6. The van der Waals surface area contributed by atoms with Crippen molar-refractivity contribution in [3.05, 3.63) is 59.2 Å². The Bertz CT molecular complexity index is 1160. The van der Waals surface area contributed by atoms with Crippen LogP contribution in [0.2, 0.25) is 0 Å². The first-order valence-corrected chi connectivity index (χ1v) is 13.0. The second kappa shape index (κ2) is 9.65. The molecule has 0 saturated carbocycles. The van der Waals surface area contributed by atoms with Crippen LogP contribution in [0.1, 0.15) is 49.3 Å². The van der Waals surface area contributed by atoms with Gasteiger partial charge in [-0.2, -0.15) is 4.31 Å². The number of sulfonamides is 1. The van der Waals surface area contributed by atoms with E-state index in [1.54, 1.807) is 25.1 Å². The molecule has 1 N–H and O–H groups in total. The fourth-order valence-corrected chi connectivity index (χ4v) is 6.23. The second-order valence-electron chi connectivity index (χ2n) is 8.80. The molecule has 176 valence electrons. The first kappa shape index (κ1) is 23.4. The zero-order valence-electron chi connectivity index (χ0n) is 19.2. The third kappa shape index (κ3) is 4.82. The van der Waals surface area contributed by atoms with Crippen LogP contribution in [-0.2, 0) is 32.6 Å². The van der Waals surface area contributed by atoms with Gasteiger partial charge in [-0.1, -0.05) is 43.2 Å². The summed E-state index contributed by atoms with van der Waals surface area (Å²) in [6.45, 7) is 5.19. The molecule has 1 fully saturated rings. The Morgan fingerprint density at radius 2 is 1.82 bits per heavy atom. The predicted molar refractivity (Wildman–Crippen MR) is 127 cm³/mol. The number of piperidine rings is 1. The highest BCUT2D eigenvalue weighted by Crippen LogP contribution is 2.35. The molecule has 0 aliphatic carbocycles. The topological polar surface area (TPSA) is 86.8 Å². The number of benzene rings is 2. The van der Waals surface area contributed by atoms with E-state index in [0.717, 1.165) is 30.4 Å². The number of carbonyl (C=O) groups excluding carboxylic acids is 2. The molecule has 2 heterocycles. The monoisotopic (exact) mass is 469 g/mol. The Kier molecular flexibility index (Phi) is 6.86. The van der Waals surface area contributed by atoms with Crippen LogP contribution in [0.15, 0.2) is 47.4 Å². The largest absolute Gasteiger partial charge is 0.350 e. The second-order valence-corrected chi connectivity index (χ2v) is 10.7. The highest BCUT2D eigenvalue weighted by molar-refractivity contribution is 7.89. The van der Waals surface area contributed by atoms with Crippen molar-refractivity contribution < 1.29 is 18.0 Å². The van der Waals surface area contributed by atoms with Crippen molar-refractivity contribution in [2.45, 2.75) is 63.4 Å². The molecule has 0 unspecified atom stereocenters. The normalized spacial score (nSPS) is 18.7. The number of anilines is 1. The fourth-order valence-electron chi connectivity index (χ4n) is 4.66. The van der Waals surface area contributed by atoms with E-state index in [9.17, 15) is 18.0 Å². The van der Waals surface area contributed by atoms with Crippen molar-refractivity contribution in [2.24, 2.45) is 0 Å². The van der Waals surface area contributed by atoms with Gasteiger partial charge in [0.2, 0.25) is 21.8 Å². The molecule has 0 bridgehead atoms. The summed E-state index contributed by atoms with van der Waals surface area (Å²) in [5.74, 6) is -0.397. The quantitative estimate of drug-likeness (QED) is 0.704. The number of nitrogens with zero attached hydrogens (tertiary/aromatic N) is 2. The van der Waals surface area contributed by atoms with Gasteiger partial charge >= 0.3 is 0 Å². The summed E-state index contributed by atoms with van der Waals surface area (Å²) in [5, 5.41) is 2.95. The SMILES string of the molecule is CCC(=O)N1c2ccc(S(=O)(=O)N3CCCCC3)cc2C[C@H]1C(=O)NCc1cccc(C)c1. The van der Waals surface area contributed by atoms with Crippen molar-refractivity contribution in [3.8, 4) is 0 Å². The van der Waals surface area contributed by atoms with Gasteiger partial charge in [-0.15, -0.1) is 0 Å². The molecule has 0 spiro atoms. The highest BCUT2D eigenvalue weighted by Gasteiger charge is 2.38. The summed E-state index contributed by atoms with van der Waals surface area (Å²) in [7, 11) is -3.59. The number of rotatable bonds is 6. The number of hydrogen-bond acceptors (Lipinski definition) is 4. The van der Waals surface area contributed by atoms with Gasteiger partial charge in [0.1, 0.15) is 6.04 Å². The molecule has 2 aromatic rings. The van der Waals surface area contributed by atoms with E-state index < -0.39 is 16.1 Å². The number of nitrogens with one attached hydrogen (secondary N) is 1. The summed E-state index contributed by atoms with van der Waals surface area (Å²) < 4.78 is 27.8. The van der Waals surface area contributed by atoms with Gasteiger partial charge in [-0.25, -0.2) is 8.42 Å². The van der Waals surface area contributed by atoms with Gasteiger partial charge < -0.3 is 5.32 Å². The van der Waals surface area contributed by atoms with E-state index >= 15 is 0 Å². The van der Waals surface area contributed by atoms with E-state index in [1.807, 2.05) is 31.2 Å². The van der Waals surface area contributed by atoms with E-state index in [4.69, 9.17) is 0 Å². The molecule has 2 amide bonds. The zero-order valence-corrected chi connectivity index (χ0v) is 20.0. The Labute approximate surface area is 195 Å². The molecule has 2 aromatic carbocycles. The van der Waals surface area contributed by atoms with Crippen LogP contribution in [0.25, 0.3) is 0 Å². The van der Waals surface area contributed by atoms with E-state index in [-0.39, 0.29) is 23.1 Å². The summed E-state index contributed by atoms with van der Waals surface area (Å²) in [6, 6.07) is 12.1. The minimum absolute atomic E-state index is 0.156. The van der Waals surface area contributed by atoms with Crippen molar-refractivity contribution in [1.82, 2.24) is 9.62 Å². The fraction of sp³-hybridized carbons (Fsp3) is 0.440. The van der Waals surface area contributed by atoms with Crippen LogP contribution in [0.4, 0.5) is 5.69 Å². The Morgan fingerprint density at radius 3 is 2.52 bits per heavy atom. The highest BCUT2D eigenvalue weighted by atomic mass is 32.2. The zero-order chi connectivity index (χ0) is 23.6. The maximum absolute atomic E-state index is 13.1. The van der Waals surface area contributed by atoms with Crippen LogP contribution in [-0.4, -0.2) is 43.7 Å². The Morgan fingerprint density at radius 1 is 1.06 bits per heavy atom. The lowest BCUT2D eigenvalue weighted by atomic mass is 10.1. The lowest BCUT2D eigenvalue weighted by molar-refractivity contribution is -0.126. The van der Waals surface area contributed by atoms with Crippen molar-refractivity contribution in [2.75, 3.05) is 18.0 Å². The van der Waals surface area contributed by atoms with Gasteiger partial charge in [0.15, 0.2) is 0 Å². The number of aryl methyl sites for hydroxylation is 1. The molecule has 2 aliphatic heterocycles.